The van der Waals surface area contributed by atoms with Gasteiger partial charge in [-0.05, 0) is 6.42 Å². The highest BCUT2D eigenvalue weighted by molar-refractivity contribution is 5.93. The van der Waals surface area contributed by atoms with Gasteiger partial charge in [-0.15, -0.1) is 6.58 Å². The first-order chi connectivity index (χ1) is 8.65. The lowest BCUT2D eigenvalue weighted by molar-refractivity contribution is -0.135. The Bertz CT molecular complexity index is 333. The van der Waals surface area contributed by atoms with Crippen molar-refractivity contribution in [2.45, 2.75) is 12.8 Å². The number of allylic oxidation sites excluding steroid dienone is 1. The number of carbonyl (C=O) groups excluding carboxylic acids is 2. The standard InChI is InChI=1S/C13H20N2O3/c1-3-4-11(2)13(17)14-6-5-12(16)15-7-9-18-10-8-15/h3H,1-2,4-10H2,(H,14,17). The van der Waals surface area contributed by atoms with Crippen molar-refractivity contribution in [1.82, 2.24) is 10.2 Å². The highest BCUT2D eigenvalue weighted by Gasteiger charge is 2.16. The van der Waals surface area contributed by atoms with Gasteiger partial charge in [0.05, 0.1) is 13.2 Å². The Kier molecular flexibility index (Phi) is 6.14. The molecule has 5 heteroatoms. The fourth-order valence-electron chi connectivity index (χ4n) is 1.65. The summed E-state index contributed by atoms with van der Waals surface area (Å²) in [5.41, 5.74) is 0.462. The first-order valence-corrected chi connectivity index (χ1v) is 6.07. The number of amides is 2. The quantitative estimate of drug-likeness (QED) is 0.552. The van der Waals surface area contributed by atoms with Crippen LogP contribution in [0.2, 0.25) is 0 Å². The Morgan fingerprint density at radius 3 is 2.61 bits per heavy atom. The topological polar surface area (TPSA) is 58.6 Å². The Morgan fingerprint density at radius 1 is 1.33 bits per heavy atom. The van der Waals surface area contributed by atoms with Crippen LogP contribution in [0, 0.1) is 0 Å². The zero-order valence-corrected chi connectivity index (χ0v) is 10.6. The van der Waals surface area contributed by atoms with Crippen molar-refractivity contribution in [2.24, 2.45) is 0 Å². The van der Waals surface area contributed by atoms with Crippen molar-refractivity contribution < 1.29 is 14.3 Å². The summed E-state index contributed by atoms with van der Waals surface area (Å²) in [6.45, 7) is 9.97. The average molecular weight is 252 g/mol. The first kappa shape index (κ1) is 14.4. The van der Waals surface area contributed by atoms with E-state index < -0.39 is 0 Å². The van der Waals surface area contributed by atoms with Crippen molar-refractivity contribution >= 4 is 11.8 Å². The maximum Gasteiger partial charge on any atom is 0.246 e. The normalized spacial score (nSPS) is 15.0. The molecule has 1 fully saturated rings. The Balaban J connectivity index is 2.20. The molecule has 0 aromatic rings. The molecule has 0 radical (unpaired) electrons. The third-order valence-corrected chi connectivity index (χ3v) is 2.70. The molecule has 1 rings (SSSR count). The zero-order chi connectivity index (χ0) is 13.4. The zero-order valence-electron chi connectivity index (χ0n) is 10.6. The molecule has 0 unspecified atom stereocenters. The number of nitrogens with one attached hydrogen (secondary N) is 1. The van der Waals surface area contributed by atoms with Gasteiger partial charge in [-0.3, -0.25) is 9.59 Å². The number of morpholine rings is 1. The summed E-state index contributed by atoms with van der Waals surface area (Å²) in [5.74, 6) is -0.169. The summed E-state index contributed by atoms with van der Waals surface area (Å²) in [5, 5.41) is 2.67. The van der Waals surface area contributed by atoms with Crippen LogP contribution in [0.4, 0.5) is 0 Å². The minimum Gasteiger partial charge on any atom is -0.378 e. The largest absolute Gasteiger partial charge is 0.378 e. The van der Waals surface area contributed by atoms with Crippen molar-refractivity contribution in [3.05, 3.63) is 24.8 Å². The van der Waals surface area contributed by atoms with E-state index in [1.807, 2.05) is 0 Å². The fourth-order valence-corrected chi connectivity index (χ4v) is 1.65. The monoisotopic (exact) mass is 252 g/mol. The van der Waals surface area contributed by atoms with Crippen LogP contribution in [0.15, 0.2) is 24.8 Å². The molecule has 1 heterocycles. The maximum atomic E-state index is 11.8. The number of carbonyl (C=O) groups is 2. The smallest absolute Gasteiger partial charge is 0.246 e. The van der Waals surface area contributed by atoms with Crippen LogP contribution in [0.1, 0.15) is 12.8 Å². The molecule has 0 atom stereocenters. The van der Waals surface area contributed by atoms with Gasteiger partial charge in [0.15, 0.2) is 0 Å². The van der Waals surface area contributed by atoms with E-state index in [0.717, 1.165) is 0 Å². The predicted octanol–water partition coefficient (Wildman–Crippen LogP) is 0.484. The third-order valence-electron chi connectivity index (χ3n) is 2.70. The Labute approximate surface area is 107 Å². The predicted molar refractivity (Wildman–Crippen MR) is 69.0 cm³/mol. The van der Waals surface area contributed by atoms with Crippen LogP contribution in [0.5, 0.6) is 0 Å². The SMILES string of the molecule is C=CCC(=C)C(=O)NCCC(=O)N1CCOCC1. The molecule has 100 valence electrons. The van der Waals surface area contributed by atoms with Gasteiger partial charge in [-0.2, -0.15) is 0 Å². The Morgan fingerprint density at radius 2 is 2.00 bits per heavy atom. The lowest BCUT2D eigenvalue weighted by Gasteiger charge is -2.26. The molecule has 0 saturated carbocycles. The van der Waals surface area contributed by atoms with Crippen molar-refractivity contribution in [1.29, 1.82) is 0 Å². The molecule has 0 bridgehead atoms. The van der Waals surface area contributed by atoms with E-state index in [1.165, 1.54) is 0 Å². The third kappa shape index (κ3) is 4.71. The molecule has 1 N–H and O–H groups in total. The van der Waals surface area contributed by atoms with E-state index in [2.05, 4.69) is 18.5 Å². The van der Waals surface area contributed by atoms with Crippen LogP contribution in [-0.4, -0.2) is 49.6 Å². The van der Waals surface area contributed by atoms with Crippen LogP contribution < -0.4 is 5.32 Å². The summed E-state index contributed by atoms with van der Waals surface area (Å²) in [6, 6.07) is 0. The van der Waals surface area contributed by atoms with Crippen LogP contribution >= 0.6 is 0 Å². The van der Waals surface area contributed by atoms with Gasteiger partial charge in [0, 0.05) is 31.6 Å². The molecular weight excluding hydrogens is 232 g/mol. The molecule has 0 spiro atoms. The molecular formula is C13H20N2O3. The van der Waals surface area contributed by atoms with Gasteiger partial charge in [-0.1, -0.05) is 12.7 Å². The van der Waals surface area contributed by atoms with Crippen molar-refractivity contribution in [3.8, 4) is 0 Å². The molecule has 1 saturated heterocycles. The lowest BCUT2D eigenvalue weighted by Crippen LogP contribution is -2.42. The fraction of sp³-hybridized carbons (Fsp3) is 0.538. The lowest BCUT2D eigenvalue weighted by atomic mass is 10.2. The molecule has 0 aromatic heterocycles. The van der Waals surface area contributed by atoms with Crippen molar-refractivity contribution in [2.75, 3.05) is 32.8 Å². The Hall–Kier alpha value is -1.62. The van der Waals surface area contributed by atoms with Gasteiger partial charge < -0.3 is 15.0 Å². The maximum absolute atomic E-state index is 11.8. The second-order valence-electron chi connectivity index (χ2n) is 4.10. The number of hydrogen-bond donors (Lipinski definition) is 1. The molecule has 1 aliphatic rings. The van der Waals surface area contributed by atoms with Gasteiger partial charge in [-0.25, -0.2) is 0 Å². The van der Waals surface area contributed by atoms with Crippen LogP contribution in [0.25, 0.3) is 0 Å². The van der Waals surface area contributed by atoms with E-state index in [1.54, 1.807) is 11.0 Å². The number of ether oxygens (including phenoxy) is 1. The van der Waals surface area contributed by atoms with E-state index in [0.29, 0.717) is 51.3 Å². The highest BCUT2D eigenvalue weighted by Crippen LogP contribution is 2.01. The molecule has 1 aliphatic heterocycles. The van der Waals surface area contributed by atoms with Crippen molar-refractivity contribution in [3.63, 3.8) is 0 Å². The molecule has 18 heavy (non-hydrogen) atoms. The number of hydrogen-bond acceptors (Lipinski definition) is 3. The summed E-state index contributed by atoms with van der Waals surface area (Å²) in [4.78, 5) is 25.0. The molecule has 2 amide bonds. The number of rotatable bonds is 6. The van der Waals surface area contributed by atoms with E-state index in [9.17, 15) is 9.59 Å². The minimum absolute atomic E-state index is 0.0490. The molecule has 0 aliphatic carbocycles. The van der Waals surface area contributed by atoms with Crippen LogP contribution in [0.3, 0.4) is 0 Å². The summed E-state index contributed by atoms with van der Waals surface area (Å²) in [6.07, 6.45) is 2.40. The van der Waals surface area contributed by atoms with E-state index in [-0.39, 0.29) is 11.8 Å². The first-order valence-electron chi connectivity index (χ1n) is 6.07. The second kappa shape index (κ2) is 7.66. The van der Waals surface area contributed by atoms with Gasteiger partial charge in [0.2, 0.25) is 11.8 Å². The molecule has 5 nitrogen and oxygen atoms in total. The van der Waals surface area contributed by atoms with E-state index in [4.69, 9.17) is 4.74 Å². The summed E-state index contributed by atoms with van der Waals surface area (Å²) < 4.78 is 5.17. The van der Waals surface area contributed by atoms with Crippen LogP contribution in [-0.2, 0) is 14.3 Å². The van der Waals surface area contributed by atoms with E-state index >= 15 is 0 Å². The average Bonchev–Trinajstić information content (AvgIpc) is 2.39. The second-order valence-corrected chi connectivity index (χ2v) is 4.10. The van der Waals surface area contributed by atoms with Gasteiger partial charge in [0.1, 0.15) is 0 Å². The summed E-state index contributed by atoms with van der Waals surface area (Å²) >= 11 is 0. The van der Waals surface area contributed by atoms with Gasteiger partial charge in [0.25, 0.3) is 0 Å². The minimum atomic E-state index is -0.218. The number of nitrogens with zero attached hydrogens (tertiary/aromatic N) is 1. The summed E-state index contributed by atoms with van der Waals surface area (Å²) in [7, 11) is 0. The van der Waals surface area contributed by atoms with Gasteiger partial charge >= 0.3 is 0 Å². The molecule has 0 aromatic carbocycles. The highest BCUT2D eigenvalue weighted by atomic mass is 16.5.